The van der Waals surface area contributed by atoms with Crippen LogP contribution in [0.15, 0.2) is 18.2 Å². The average molecular weight is 263 g/mol. The van der Waals surface area contributed by atoms with E-state index in [-0.39, 0.29) is 23.7 Å². The van der Waals surface area contributed by atoms with Crippen LogP contribution in [0.5, 0.6) is 0 Å². The number of hydrogen-bond acceptors (Lipinski definition) is 3. The lowest BCUT2D eigenvalue weighted by Gasteiger charge is -2.07. The van der Waals surface area contributed by atoms with Crippen LogP contribution < -0.4 is 5.32 Å². The highest BCUT2D eigenvalue weighted by Gasteiger charge is 2.09. The van der Waals surface area contributed by atoms with Crippen molar-refractivity contribution in [3.8, 4) is 0 Å². The van der Waals surface area contributed by atoms with Crippen molar-refractivity contribution < 1.29 is 17.2 Å². The molecule has 0 saturated heterocycles. The Balaban J connectivity index is 2.54. The Morgan fingerprint density at radius 2 is 1.94 bits per heavy atom. The van der Waals surface area contributed by atoms with Crippen LogP contribution in [0, 0.1) is 11.6 Å². The first kappa shape index (κ1) is 13.9. The van der Waals surface area contributed by atoms with Gasteiger partial charge in [0, 0.05) is 12.3 Å². The van der Waals surface area contributed by atoms with E-state index in [2.05, 4.69) is 5.32 Å². The molecule has 0 saturated carbocycles. The molecule has 0 fully saturated rings. The van der Waals surface area contributed by atoms with Crippen LogP contribution in [-0.4, -0.2) is 26.5 Å². The Bertz CT molecular complexity index is 474. The van der Waals surface area contributed by atoms with E-state index in [1.807, 2.05) is 0 Å². The molecule has 6 heteroatoms. The Morgan fingerprint density at radius 3 is 2.59 bits per heavy atom. The van der Waals surface area contributed by atoms with Gasteiger partial charge in [-0.1, -0.05) is 6.92 Å². The molecule has 3 nitrogen and oxygen atoms in total. The van der Waals surface area contributed by atoms with Crippen LogP contribution in [0.2, 0.25) is 0 Å². The minimum atomic E-state index is -3.10. The Kier molecular flexibility index (Phi) is 4.86. The molecular weight excluding hydrogens is 248 g/mol. The molecule has 0 bridgehead atoms. The summed E-state index contributed by atoms with van der Waals surface area (Å²) in [4.78, 5) is 0. The molecule has 0 aliphatic carbocycles. The topological polar surface area (TPSA) is 46.2 Å². The van der Waals surface area contributed by atoms with Gasteiger partial charge in [0.25, 0.3) is 0 Å². The number of nitrogens with one attached hydrogen (secondary N) is 1. The predicted octanol–water partition coefficient (Wildman–Crippen LogP) is 2.20. The summed E-state index contributed by atoms with van der Waals surface area (Å²) >= 11 is 0. The Hall–Kier alpha value is -1.17. The molecule has 1 aromatic rings. The maximum atomic E-state index is 13.2. The van der Waals surface area contributed by atoms with Gasteiger partial charge in [-0.25, -0.2) is 17.2 Å². The first-order valence-electron chi connectivity index (χ1n) is 5.34. The number of anilines is 1. The van der Waals surface area contributed by atoms with Gasteiger partial charge < -0.3 is 5.32 Å². The SMILES string of the molecule is CCCS(=O)(=O)CCNc1cc(F)ccc1F. The van der Waals surface area contributed by atoms with Gasteiger partial charge in [0.1, 0.15) is 11.6 Å². The van der Waals surface area contributed by atoms with Crippen molar-refractivity contribution in [2.45, 2.75) is 13.3 Å². The van der Waals surface area contributed by atoms with Crippen molar-refractivity contribution in [3.63, 3.8) is 0 Å². The molecule has 0 aliphatic heterocycles. The fourth-order valence-electron chi connectivity index (χ4n) is 1.39. The van der Waals surface area contributed by atoms with Gasteiger partial charge in [-0.05, 0) is 24.6 Å². The normalized spacial score (nSPS) is 11.5. The molecule has 0 heterocycles. The maximum absolute atomic E-state index is 13.2. The molecule has 0 unspecified atom stereocenters. The summed E-state index contributed by atoms with van der Waals surface area (Å²) in [6.45, 7) is 1.85. The lowest BCUT2D eigenvalue weighted by atomic mass is 10.3. The zero-order chi connectivity index (χ0) is 12.9. The number of benzene rings is 1. The minimum Gasteiger partial charge on any atom is -0.382 e. The van der Waals surface area contributed by atoms with Gasteiger partial charge in [0.2, 0.25) is 0 Å². The second-order valence-electron chi connectivity index (χ2n) is 3.70. The van der Waals surface area contributed by atoms with Gasteiger partial charge in [-0.2, -0.15) is 0 Å². The Morgan fingerprint density at radius 1 is 1.24 bits per heavy atom. The molecule has 1 aromatic carbocycles. The Labute approximate surface area is 99.8 Å². The van der Waals surface area contributed by atoms with E-state index < -0.39 is 21.5 Å². The third-order valence-electron chi connectivity index (χ3n) is 2.17. The maximum Gasteiger partial charge on any atom is 0.152 e. The zero-order valence-electron chi connectivity index (χ0n) is 9.54. The van der Waals surface area contributed by atoms with Crippen molar-refractivity contribution in [1.29, 1.82) is 0 Å². The number of halogens is 2. The third-order valence-corrected chi connectivity index (χ3v) is 4.03. The highest BCUT2D eigenvalue weighted by Crippen LogP contribution is 2.14. The van der Waals surface area contributed by atoms with E-state index in [1.54, 1.807) is 6.92 Å². The molecule has 0 atom stereocenters. The summed E-state index contributed by atoms with van der Waals surface area (Å²) in [7, 11) is -3.10. The third kappa shape index (κ3) is 4.68. The van der Waals surface area contributed by atoms with E-state index in [0.717, 1.165) is 18.2 Å². The van der Waals surface area contributed by atoms with Crippen LogP contribution in [0.25, 0.3) is 0 Å². The van der Waals surface area contributed by atoms with Crippen LogP contribution in [0.1, 0.15) is 13.3 Å². The molecule has 0 aromatic heterocycles. The quantitative estimate of drug-likeness (QED) is 0.856. The molecule has 0 aliphatic rings. The predicted molar refractivity (Wildman–Crippen MR) is 63.8 cm³/mol. The molecular formula is C11H15F2NO2S. The van der Waals surface area contributed by atoms with Gasteiger partial charge in [-0.3, -0.25) is 0 Å². The lowest BCUT2D eigenvalue weighted by Crippen LogP contribution is -2.18. The van der Waals surface area contributed by atoms with Gasteiger partial charge in [-0.15, -0.1) is 0 Å². The molecule has 0 amide bonds. The number of sulfone groups is 1. The van der Waals surface area contributed by atoms with Crippen molar-refractivity contribution in [3.05, 3.63) is 29.8 Å². The van der Waals surface area contributed by atoms with E-state index in [0.29, 0.717) is 6.42 Å². The van der Waals surface area contributed by atoms with Crippen molar-refractivity contribution in [2.24, 2.45) is 0 Å². The van der Waals surface area contributed by atoms with E-state index in [4.69, 9.17) is 0 Å². The first-order chi connectivity index (χ1) is 7.94. The average Bonchev–Trinajstić information content (AvgIpc) is 2.23. The first-order valence-corrected chi connectivity index (χ1v) is 7.16. The standard InChI is InChI=1S/C11H15F2NO2S/c1-2-6-17(15,16)7-5-14-11-8-9(12)3-4-10(11)13/h3-4,8,14H,2,5-7H2,1H3. The summed E-state index contributed by atoms with van der Waals surface area (Å²) in [5.74, 6) is -1.14. The molecule has 17 heavy (non-hydrogen) atoms. The van der Waals surface area contributed by atoms with Crippen molar-refractivity contribution in [1.82, 2.24) is 0 Å². The van der Waals surface area contributed by atoms with E-state index in [9.17, 15) is 17.2 Å². The van der Waals surface area contributed by atoms with Crippen LogP contribution >= 0.6 is 0 Å². The highest BCUT2D eigenvalue weighted by molar-refractivity contribution is 7.91. The van der Waals surface area contributed by atoms with Crippen molar-refractivity contribution in [2.75, 3.05) is 23.4 Å². The second-order valence-corrected chi connectivity index (χ2v) is 6.01. The molecule has 96 valence electrons. The zero-order valence-corrected chi connectivity index (χ0v) is 10.4. The number of rotatable bonds is 6. The fraction of sp³-hybridized carbons (Fsp3) is 0.455. The molecule has 1 rings (SSSR count). The van der Waals surface area contributed by atoms with Gasteiger partial charge in [0.05, 0.1) is 11.4 Å². The largest absolute Gasteiger partial charge is 0.382 e. The highest BCUT2D eigenvalue weighted by atomic mass is 32.2. The summed E-state index contributed by atoms with van der Waals surface area (Å²) in [5, 5.41) is 2.57. The minimum absolute atomic E-state index is 0.0169. The lowest BCUT2D eigenvalue weighted by molar-refractivity contribution is 0.594. The summed E-state index contributed by atoms with van der Waals surface area (Å²) < 4.78 is 48.7. The monoisotopic (exact) mass is 263 g/mol. The van der Waals surface area contributed by atoms with Gasteiger partial charge in [0.15, 0.2) is 9.84 Å². The summed E-state index contributed by atoms with van der Waals surface area (Å²) in [5.41, 5.74) is -0.0169. The van der Waals surface area contributed by atoms with Crippen molar-refractivity contribution >= 4 is 15.5 Å². The smallest absolute Gasteiger partial charge is 0.152 e. The van der Waals surface area contributed by atoms with Crippen LogP contribution in [-0.2, 0) is 9.84 Å². The summed E-state index contributed by atoms with van der Waals surface area (Å²) in [6.07, 6.45) is 0.552. The van der Waals surface area contributed by atoms with E-state index in [1.165, 1.54) is 0 Å². The number of hydrogen-bond donors (Lipinski definition) is 1. The molecule has 1 N–H and O–H groups in total. The van der Waals surface area contributed by atoms with E-state index >= 15 is 0 Å². The second kappa shape index (κ2) is 5.95. The van der Waals surface area contributed by atoms with Gasteiger partial charge >= 0.3 is 0 Å². The molecule has 0 spiro atoms. The van der Waals surface area contributed by atoms with Crippen LogP contribution in [0.4, 0.5) is 14.5 Å². The molecule has 0 radical (unpaired) electrons. The summed E-state index contributed by atoms with van der Waals surface area (Å²) in [6, 6.07) is 3.01. The fourth-order valence-corrected chi connectivity index (χ4v) is 2.63. The van der Waals surface area contributed by atoms with Crippen LogP contribution in [0.3, 0.4) is 0 Å².